The van der Waals surface area contributed by atoms with Crippen molar-refractivity contribution in [3.05, 3.63) is 69.1 Å². The van der Waals surface area contributed by atoms with Crippen LogP contribution in [0, 0.1) is 10.1 Å². The summed E-state index contributed by atoms with van der Waals surface area (Å²) in [5.74, 6) is -0.0976. The number of nitro groups is 1. The molecule has 0 amide bonds. The van der Waals surface area contributed by atoms with Gasteiger partial charge in [-0.25, -0.2) is 4.79 Å². The Morgan fingerprint density at radius 1 is 1.18 bits per heavy atom. The average molecular weight is 400 g/mol. The van der Waals surface area contributed by atoms with Gasteiger partial charge in [0, 0.05) is 17.0 Å². The van der Waals surface area contributed by atoms with E-state index in [0.717, 1.165) is 22.5 Å². The van der Waals surface area contributed by atoms with E-state index in [9.17, 15) is 14.9 Å². The first-order valence-corrected chi connectivity index (χ1v) is 8.88. The summed E-state index contributed by atoms with van der Waals surface area (Å²) < 4.78 is 11.1. The van der Waals surface area contributed by atoms with E-state index < -0.39 is 10.9 Å². The maximum absolute atomic E-state index is 11.2. The molecule has 0 unspecified atom stereocenters. The molecule has 0 atom stereocenters. The van der Waals surface area contributed by atoms with Crippen LogP contribution in [0.3, 0.4) is 0 Å². The van der Waals surface area contributed by atoms with E-state index in [1.54, 1.807) is 36.4 Å². The lowest BCUT2D eigenvalue weighted by atomic mass is 10.1. The summed E-state index contributed by atoms with van der Waals surface area (Å²) >= 11 is 1.08. The van der Waals surface area contributed by atoms with Gasteiger partial charge >= 0.3 is 5.97 Å². The van der Waals surface area contributed by atoms with Gasteiger partial charge in [-0.3, -0.25) is 10.1 Å². The van der Waals surface area contributed by atoms with Gasteiger partial charge in [0.15, 0.2) is 11.5 Å². The van der Waals surface area contributed by atoms with E-state index in [1.165, 1.54) is 19.2 Å². The molecule has 0 aliphatic heterocycles. The number of rotatable bonds is 7. The Labute approximate surface area is 163 Å². The smallest absolute Gasteiger partial charge is 0.348 e. The van der Waals surface area contributed by atoms with Gasteiger partial charge in [-0.1, -0.05) is 0 Å². The fourth-order valence-electron chi connectivity index (χ4n) is 2.53. The van der Waals surface area contributed by atoms with Crippen LogP contribution in [0.4, 0.5) is 11.4 Å². The Balaban J connectivity index is 1.78. The number of nitrogen functional groups attached to an aromatic ring is 1. The molecular formula is C19H16N2O6S. The van der Waals surface area contributed by atoms with Crippen molar-refractivity contribution in [2.75, 3.05) is 12.8 Å². The molecule has 0 saturated heterocycles. The number of carbonyl (C=O) groups is 1. The summed E-state index contributed by atoms with van der Waals surface area (Å²) in [6.07, 6.45) is 0. The van der Waals surface area contributed by atoms with Crippen molar-refractivity contribution in [3.63, 3.8) is 0 Å². The van der Waals surface area contributed by atoms with Gasteiger partial charge < -0.3 is 20.3 Å². The molecule has 0 aliphatic rings. The standard InChI is InChI=1S/C19H16N2O6S/c1-26-16-8-12(17-9-14(20)18(28-17)19(22)23)4-7-15(16)27-10-11-2-5-13(6-3-11)21(24)25/h2-9H,10,20H2,1H3,(H,22,23). The Kier molecular flexibility index (Phi) is 5.46. The Hall–Kier alpha value is -3.59. The minimum absolute atomic E-state index is 0.0154. The molecule has 0 spiro atoms. The first kappa shape index (κ1) is 19.2. The van der Waals surface area contributed by atoms with Crippen molar-refractivity contribution < 1.29 is 24.3 Å². The minimum Gasteiger partial charge on any atom is -0.493 e. The number of benzene rings is 2. The summed E-state index contributed by atoms with van der Waals surface area (Å²) in [6, 6.07) is 12.9. The van der Waals surface area contributed by atoms with E-state index >= 15 is 0 Å². The fraction of sp³-hybridized carbons (Fsp3) is 0.105. The molecule has 0 fully saturated rings. The number of nitrogens with zero attached hydrogens (tertiary/aromatic N) is 1. The van der Waals surface area contributed by atoms with Crippen LogP contribution in [0.25, 0.3) is 10.4 Å². The molecule has 2 aromatic carbocycles. The molecule has 3 rings (SSSR count). The van der Waals surface area contributed by atoms with Crippen LogP contribution in [-0.4, -0.2) is 23.1 Å². The number of non-ortho nitro benzene ring substituents is 1. The molecular weight excluding hydrogens is 384 g/mol. The first-order valence-electron chi connectivity index (χ1n) is 8.06. The van der Waals surface area contributed by atoms with Crippen LogP contribution in [-0.2, 0) is 6.61 Å². The Bertz CT molecular complexity index is 1030. The third-order valence-electron chi connectivity index (χ3n) is 3.94. The molecule has 144 valence electrons. The first-order chi connectivity index (χ1) is 13.4. The number of nitrogens with two attached hydrogens (primary N) is 1. The maximum Gasteiger partial charge on any atom is 0.348 e. The maximum atomic E-state index is 11.2. The number of ether oxygens (including phenoxy) is 2. The van der Waals surface area contributed by atoms with Crippen molar-refractivity contribution in [2.45, 2.75) is 6.61 Å². The highest BCUT2D eigenvalue weighted by molar-refractivity contribution is 7.17. The number of aromatic carboxylic acids is 1. The second-order valence-corrected chi connectivity index (χ2v) is 6.83. The third kappa shape index (κ3) is 4.04. The Morgan fingerprint density at radius 2 is 1.89 bits per heavy atom. The second-order valence-electron chi connectivity index (χ2n) is 5.78. The van der Waals surface area contributed by atoms with Crippen LogP contribution in [0.5, 0.6) is 11.5 Å². The van der Waals surface area contributed by atoms with Crippen LogP contribution in [0.2, 0.25) is 0 Å². The van der Waals surface area contributed by atoms with Crippen molar-refractivity contribution >= 4 is 28.7 Å². The largest absolute Gasteiger partial charge is 0.493 e. The zero-order valence-electron chi connectivity index (χ0n) is 14.7. The van der Waals surface area contributed by atoms with Gasteiger partial charge in [0.25, 0.3) is 5.69 Å². The molecule has 28 heavy (non-hydrogen) atoms. The molecule has 0 aliphatic carbocycles. The number of thiophene rings is 1. The van der Waals surface area contributed by atoms with Gasteiger partial charge in [-0.15, -0.1) is 11.3 Å². The molecule has 8 nitrogen and oxygen atoms in total. The van der Waals surface area contributed by atoms with E-state index in [2.05, 4.69) is 0 Å². The lowest BCUT2D eigenvalue weighted by Crippen LogP contribution is -1.98. The SMILES string of the molecule is COc1cc(-c2cc(N)c(C(=O)O)s2)ccc1OCc1ccc([N+](=O)[O-])cc1. The van der Waals surface area contributed by atoms with Crippen LogP contribution in [0.1, 0.15) is 15.2 Å². The lowest BCUT2D eigenvalue weighted by molar-refractivity contribution is -0.384. The van der Waals surface area contributed by atoms with Crippen LogP contribution in [0.15, 0.2) is 48.5 Å². The monoisotopic (exact) mass is 400 g/mol. The van der Waals surface area contributed by atoms with Gasteiger partial charge in [0.2, 0.25) is 0 Å². The van der Waals surface area contributed by atoms with Crippen molar-refractivity contribution in [2.24, 2.45) is 0 Å². The fourth-order valence-corrected chi connectivity index (χ4v) is 3.44. The zero-order valence-corrected chi connectivity index (χ0v) is 15.6. The highest BCUT2D eigenvalue weighted by Gasteiger charge is 2.16. The molecule has 0 saturated carbocycles. The number of carboxylic acids is 1. The summed E-state index contributed by atoms with van der Waals surface area (Å²) in [5, 5.41) is 19.8. The van der Waals surface area contributed by atoms with Crippen molar-refractivity contribution in [1.82, 2.24) is 0 Å². The predicted octanol–water partition coefficient (Wildman–Crippen LogP) is 4.19. The normalized spacial score (nSPS) is 10.5. The van der Waals surface area contributed by atoms with E-state index in [1.807, 2.05) is 0 Å². The van der Waals surface area contributed by atoms with Gasteiger partial charge in [0.05, 0.1) is 17.7 Å². The topological polar surface area (TPSA) is 125 Å². The summed E-state index contributed by atoms with van der Waals surface area (Å²) in [5.41, 5.74) is 7.51. The average Bonchev–Trinajstić information content (AvgIpc) is 3.08. The quantitative estimate of drug-likeness (QED) is 0.450. The molecule has 9 heteroatoms. The lowest BCUT2D eigenvalue weighted by Gasteiger charge is -2.12. The van der Waals surface area contributed by atoms with E-state index in [-0.39, 0.29) is 22.9 Å². The molecule has 0 radical (unpaired) electrons. The van der Waals surface area contributed by atoms with Crippen LogP contribution >= 0.6 is 11.3 Å². The third-order valence-corrected chi connectivity index (χ3v) is 5.13. The molecule has 0 bridgehead atoms. The predicted molar refractivity (Wildman–Crippen MR) is 105 cm³/mol. The number of hydrogen-bond donors (Lipinski definition) is 2. The van der Waals surface area contributed by atoms with Crippen LogP contribution < -0.4 is 15.2 Å². The van der Waals surface area contributed by atoms with Crippen molar-refractivity contribution in [1.29, 1.82) is 0 Å². The highest BCUT2D eigenvalue weighted by atomic mass is 32.1. The molecule has 3 N–H and O–H groups in total. The summed E-state index contributed by atoms with van der Waals surface area (Å²) in [7, 11) is 1.50. The van der Waals surface area contributed by atoms with Crippen molar-refractivity contribution in [3.8, 4) is 21.9 Å². The zero-order chi connectivity index (χ0) is 20.3. The number of methoxy groups -OCH3 is 1. The molecule has 1 aromatic heterocycles. The number of anilines is 1. The Morgan fingerprint density at radius 3 is 2.46 bits per heavy atom. The number of hydrogen-bond acceptors (Lipinski definition) is 7. The van der Waals surface area contributed by atoms with E-state index in [0.29, 0.717) is 16.4 Å². The number of carboxylic acid groups (broad SMARTS) is 1. The minimum atomic E-state index is -1.07. The van der Waals surface area contributed by atoms with Gasteiger partial charge in [0.1, 0.15) is 11.5 Å². The van der Waals surface area contributed by atoms with Gasteiger partial charge in [-0.05, 0) is 47.5 Å². The summed E-state index contributed by atoms with van der Waals surface area (Å²) in [6.45, 7) is 0.211. The summed E-state index contributed by atoms with van der Waals surface area (Å²) in [4.78, 5) is 22.2. The van der Waals surface area contributed by atoms with E-state index in [4.69, 9.17) is 20.3 Å². The van der Waals surface area contributed by atoms with Gasteiger partial charge in [-0.2, -0.15) is 0 Å². The molecule has 3 aromatic rings. The highest BCUT2D eigenvalue weighted by Crippen LogP contribution is 2.38. The number of nitro benzene ring substituents is 1. The molecule has 1 heterocycles. The second kappa shape index (κ2) is 7.97.